The van der Waals surface area contributed by atoms with Crippen LogP contribution in [0.15, 0.2) is 91.5 Å². The monoisotopic (exact) mass is 411 g/mol. The Morgan fingerprint density at radius 1 is 1.00 bits per heavy atom. The number of nitrogens with zero attached hydrogens (tertiary/aromatic N) is 2. The van der Waals surface area contributed by atoms with Gasteiger partial charge in [-0.05, 0) is 24.3 Å². The summed E-state index contributed by atoms with van der Waals surface area (Å²) in [5.74, 6) is -0.314. The van der Waals surface area contributed by atoms with Crippen molar-refractivity contribution in [1.82, 2.24) is 0 Å². The number of anilines is 3. The second-order valence-electron chi connectivity index (χ2n) is 7.41. The van der Waals surface area contributed by atoms with E-state index in [1.165, 1.54) is 4.90 Å². The number of carbonyl (C=O) groups is 2. The molecule has 3 aromatic rings. The largest absolute Gasteiger partial charge is 0.338 e. The highest BCUT2D eigenvalue weighted by Gasteiger charge is 2.60. The van der Waals surface area contributed by atoms with E-state index < -0.39 is 11.8 Å². The summed E-state index contributed by atoms with van der Waals surface area (Å²) in [6.07, 6.45) is 1.67. The Balaban J connectivity index is 1.69. The number of para-hydroxylation sites is 3. The zero-order chi connectivity index (χ0) is 21.4. The molecule has 5 rings (SSSR count). The maximum Gasteiger partial charge on any atom is 0.329 e. The maximum absolute atomic E-state index is 13.8. The molecule has 2 aliphatic heterocycles. The summed E-state index contributed by atoms with van der Waals surface area (Å²) in [6, 6.07) is 23.6. The highest BCUT2D eigenvalue weighted by molar-refractivity contribution is 6.16. The van der Waals surface area contributed by atoms with Gasteiger partial charge in [-0.15, -0.1) is 6.58 Å². The highest BCUT2D eigenvalue weighted by atomic mass is 16.5. The first kappa shape index (κ1) is 19.1. The lowest BCUT2D eigenvalue weighted by atomic mass is 9.98. The quantitative estimate of drug-likeness (QED) is 0.639. The predicted octanol–water partition coefficient (Wildman–Crippen LogP) is 4.64. The Hall–Kier alpha value is -3.90. The first-order valence-electron chi connectivity index (χ1n) is 10.1. The van der Waals surface area contributed by atoms with Crippen molar-refractivity contribution < 1.29 is 14.3 Å². The van der Waals surface area contributed by atoms with Crippen LogP contribution in [0.3, 0.4) is 0 Å². The van der Waals surface area contributed by atoms with Crippen LogP contribution >= 0.6 is 0 Å². The normalized spacial score (nSPS) is 19.2. The number of fused-ring (bicyclic) bond motifs is 3. The van der Waals surface area contributed by atoms with E-state index >= 15 is 0 Å². The van der Waals surface area contributed by atoms with Gasteiger partial charge in [-0.2, -0.15) is 0 Å². The van der Waals surface area contributed by atoms with Crippen molar-refractivity contribution >= 4 is 29.0 Å². The summed E-state index contributed by atoms with van der Waals surface area (Å²) in [5.41, 5.74) is 1.87. The first-order chi connectivity index (χ1) is 15.2. The Bertz CT molecular complexity index is 1180. The summed E-state index contributed by atoms with van der Waals surface area (Å²) >= 11 is 0. The summed E-state index contributed by atoms with van der Waals surface area (Å²) in [4.78, 5) is 30.6. The summed E-state index contributed by atoms with van der Waals surface area (Å²) < 4.78 is 6.28. The van der Waals surface area contributed by atoms with Gasteiger partial charge in [-0.3, -0.25) is 9.69 Å². The number of benzene rings is 3. The van der Waals surface area contributed by atoms with Crippen molar-refractivity contribution in [3.63, 3.8) is 0 Å². The first-order valence-corrected chi connectivity index (χ1v) is 10.1. The van der Waals surface area contributed by atoms with Crippen molar-refractivity contribution in [1.29, 1.82) is 0 Å². The molecule has 0 radical (unpaired) electrons. The third kappa shape index (κ3) is 2.84. The van der Waals surface area contributed by atoms with Crippen molar-refractivity contribution in [2.75, 3.05) is 21.7 Å². The van der Waals surface area contributed by atoms with E-state index in [2.05, 4.69) is 11.9 Å². The van der Waals surface area contributed by atoms with Crippen molar-refractivity contribution in [3.05, 3.63) is 103 Å². The lowest BCUT2D eigenvalue weighted by molar-refractivity contribution is -0.146. The number of amides is 3. The Kier molecular flexibility index (Phi) is 4.56. The van der Waals surface area contributed by atoms with Crippen LogP contribution < -0.4 is 15.1 Å². The molecule has 1 atom stereocenters. The molecule has 31 heavy (non-hydrogen) atoms. The van der Waals surface area contributed by atoms with E-state index in [1.807, 2.05) is 66.7 Å². The number of ether oxygens (including phenoxy) is 1. The maximum atomic E-state index is 13.8. The summed E-state index contributed by atoms with van der Waals surface area (Å²) in [6.45, 7) is 4.32. The number of urea groups is 1. The van der Waals surface area contributed by atoms with Gasteiger partial charge in [0.15, 0.2) is 0 Å². The average molecular weight is 411 g/mol. The molecule has 0 aliphatic carbocycles. The fourth-order valence-corrected chi connectivity index (χ4v) is 4.29. The lowest BCUT2D eigenvalue weighted by Gasteiger charge is -2.43. The average Bonchev–Trinajstić information content (AvgIpc) is 3.03. The Morgan fingerprint density at radius 3 is 2.45 bits per heavy atom. The van der Waals surface area contributed by atoms with Crippen LogP contribution in [0.2, 0.25) is 0 Å². The molecular formula is C25H21N3O3. The number of carbonyl (C=O) groups excluding carboxylic acids is 2. The minimum absolute atomic E-state index is 0.216. The van der Waals surface area contributed by atoms with E-state index in [0.717, 1.165) is 5.56 Å². The fraction of sp³-hybridized carbons (Fsp3) is 0.120. The molecule has 2 heterocycles. The van der Waals surface area contributed by atoms with E-state index in [9.17, 15) is 9.59 Å². The van der Waals surface area contributed by atoms with Crippen LogP contribution in [0.25, 0.3) is 0 Å². The molecule has 0 aromatic heterocycles. The molecule has 3 aromatic carbocycles. The second kappa shape index (κ2) is 7.41. The molecule has 1 N–H and O–H groups in total. The van der Waals surface area contributed by atoms with Gasteiger partial charge >= 0.3 is 6.03 Å². The van der Waals surface area contributed by atoms with E-state index in [1.54, 1.807) is 23.1 Å². The SMILES string of the molecule is C=CCN1C(=O)C2(OCc3ccccc3N2C(=O)Nc2ccccc2)c2ccccc21. The van der Waals surface area contributed by atoms with Gasteiger partial charge in [-0.1, -0.05) is 60.7 Å². The second-order valence-corrected chi connectivity index (χ2v) is 7.41. The smallest absolute Gasteiger partial charge is 0.329 e. The number of rotatable bonds is 3. The zero-order valence-corrected chi connectivity index (χ0v) is 16.8. The van der Waals surface area contributed by atoms with Gasteiger partial charge in [-0.25, -0.2) is 4.79 Å². The molecule has 6 nitrogen and oxygen atoms in total. The third-order valence-corrected chi connectivity index (χ3v) is 5.62. The molecule has 0 fully saturated rings. The van der Waals surface area contributed by atoms with Gasteiger partial charge < -0.3 is 15.0 Å². The van der Waals surface area contributed by atoms with Crippen LogP contribution in [0.5, 0.6) is 0 Å². The van der Waals surface area contributed by atoms with Gasteiger partial charge in [0, 0.05) is 23.4 Å². The van der Waals surface area contributed by atoms with Gasteiger partial charge in [0.25, 0.3) is 11.6 Å². The number of nitrogens with one attached hydrogen (secondary N) is 1. The molecule has 2 aliphatic rings. The molecule has 0 bridgehead atoms. The van der Waals surface area contributed by atoms with E-state index in [4.69, 9.17) is 4.74 Å². The zero-order valence-electron chi connectivity index (χ0n) is 16.8. The molecule has 0 saturated heterocycles. The third-order valence-electron chi connectivity index (χ3n) is 5.62. The topological polar surface area (TPSA) is 61.9 Å². The van der Waals surface area contributed by atoms with E-state index in [0.29, 0.717) is 29.2 Å². The van der Waals surface area contributed by atoms with Crippen molar-refractivity contribution in [3.8, 4) is 0 Å². The Morgan fingerprint density at radius 2 is 1.68 bits per heavy atom. The van der Waals surface area contributed by atoms with Crippen LogP contribution in [-0.2, 0) is 21.9 Å². The Labute approximate surface area is 180 Å². The molecule has 3 amide bonds. The molecular weight excluding hydrogens is 390 g/mol. The van der Waals surface area contributed by atoms with Gasteiger partial charge in [0.2, 0.25) is 0 Å². The standard InChI is InChI=1S/C25H21N3O3/c1-2-16-27-22-15-9-7-13-20(22)25(23(27)29)28(21-14-8-6-10-18(21)17-31-25)24(30)26-19-11-4-3-5-12-19/h2-15H,1,16-17H2,(H,26,30). The predicted molar refractivity (Wildman–Crippen MR) is 120 cm³/mol. The molecule has 1 unspecified atom stereocenters. The molecule has 6 heteroatoms. The summed E-state index contributed by atoms with van der Waals surface area (Å²) in [7, 11) is 0. The van der Waals surface area contributed by atoms with Gasteiger partial charge in [0.05, 0.1) is 18.0 Å². The van der Waals surface area contributed by atoms with Crippen LogP contribution in [0, 0.1) is 0 Å². The number of hydrogen-bond acceptors (Lipinski definition) is 3. The van der Waals surface area contributed by atoms with Crippen molar-refractivity contribution in [2.24, 2.45) is 0 Å². The molecule has 154 valence electrons. The highest BCUT2D eigenvalue weighted by Crippen LogP contribution is 2.50. The summed E-state index contributed by atoms with van der Waals surface area (Å²) in [5, 5.41) is 2.92. The fourth-order valence-electron chi connectivity index (χ4n) is 4.29. The van der Waals surface area contributed by atoms with E-state index in [-0.39, 0.29) is 12.5 Å². The molecule has 0 saturated carbocycles. The van der Waals surface area contributed by atoms with Crippen LogP contribution in [0.1, 0.15) is 11.1 Å². The minimum Gasteiger partial charge on any atom is -0.338 e. The van der Waals surface area contributed by atoms with Gasteiger partial charge in [0.1, 0.15) is 0 Å². The van der Waals surface area contributed by atoms with Crippen molar-refractivity contribution in [2.45, 2.75) is 12.3 Å². The minimum atomic E-state index is -1.59. The van der Waals surface area contributed by atoms with Crippen LogP contribution in [0.4, 0.5) is 21.9 Å². The van der Waals surface area contributed by atoms with Crippen LogP contribution in [-0.4, -0.2) is 18.5 Å². The molecule has 1 spiro atoms. The number of hydrogen-bond donors (Lipinski definition) is 1. The lowest BCUT2D eigenvalue weighted by Crippen LogP contribution is -2.60.